The van der Waals surface area contributed by atoms with Gasteiger partial charge in [0.25, 0.3) is 0 Å². The van der Waals surface area contributed by atoms with E-state index in [-0.39, 0.29) is 29.4 Å². The third-order valence-electron chi connectivity index (χ3n) is 11.3. The van der Waals surface area contributed by atoms with E-state index in [1.165, 1.54) is 28.7 Å². The number of anilines is 1. The maximum atomic E-state index is 13.4. The number of fused-ring (bicyclic) bond motifs is 4. The Balaban J connectivity index is 0.000000162. The molecule has 3 N–H and O–H groups in total. The third-order valence-corrected chi connectivity index (χ3v) is 14.2. The number of aromatic amines is 1. The monoisotopic (exact) mass is 918 g/mol. The molecule has 11 rings (SSSR count). The minimum Gasteiger partial charge on any atom is -0.426 e. The zero-order valence-corrected chi connectivity index (χ0v) is 36.7. The second-order valence-corrected chi connectivity index (χ2v) is 18.0. The van der Waals surface area contributed by atoms with Gasteiger partial charge in [-0.05, 0) is 42.3 Å². The molecule has 330 valence electrons. The van der Waals surface area contributed by atoms with E-state index in [1.807, 2.05) is 73.7 Å². The van der Waals surface area contributed by atoms with Crippen molar-refractivity contribution in [3.63, 3.8) is 0 Å². The summed E-state index contributed by atoms with van der Waals surface area (Å²) < 4.78 is 47.0. The van der Waals surface area contributed by atoms with E-state index in [9.17, 15) is 18.0 Å². The van der Waals surface area contributed by atoms with Crippen molar-refractivity contribution in [1.82, 2.24) is 43.8 Å². The Hall–Kier alpha value is -7.58. The first kappa shape index (κ1) is 42.4. The molecule has 1 atom stereocenters. The lowest BCUT2D eigenvalue weighted by atomic mass is 9.96. The highest BCUT2D eigenvalue weighted by molar-refractivity contribution is 7.98. The lowest BCUT2D eigenvalue weighted by molar-refractivity contribution is 0.0730. The summed E-state index contributed by atoms with van der Waals surface area (Å²) in [6.07, 6.45) is 5.99. The molecule has 7 heterocycles. The number of morpholine rings is 1. The van der Waals surface area contributed by atoms with Crippen molar-refractivity contribution in [1.29, 1.82) is 0 Å². The summed E-state index contributed by atoms with van der Waals surface area (Å²) >= 11 is 1.48. The molecule has 4 aromatic carbocycles. The topological polar surface area (TPSA) is 231 Å². The van der Waals surface area contributed by atoms with Crippen molar-refractivity contribution in [3.8, 4) is 22.3 Å². The van der Waals surface area contributed by atoms with Gasteiger partial charge in [0.05, 0.1) is 53.3 Å². The van der Waals surface area contributed by atoms with Crippen LogP contribution in [0.2, 0.25) is 0 Å². The van der Waals surface area contributed by atoms with Crippen molar-refractivity contribution in [2.45, 2.75) is 28.6 Å². The standard InChI is InChI=1S/C26H24N6O5S.C21H14N4O2S/c1-16(32-15-30-22-24(27)28-14-29-25(22)32)23-21(19-7-2-3-8-20(19)26(33)37-23)17-5-4-6-18(13-17)38(34,35)31-9-11-36-12-10-31;26-21-15-9-5-4-8-14(15)17(13-6-2-1-3-7-13)16(27-21)10-28-20-18-19(23-11-22-18)24-12-25-20/h2-8,13-16H,9-12H2,1H3,(H2,27,28,29);1-9,11-12H,10H2,(H,22,23,24,25). The molecule has 0 aliphatic carbocycles. The quantitative estimate of drug-likeness (QED) is 0.107. The van der Waals surface area contributed by atoms with E-state index >= 15 is 0 Å². The largest absolute Gasteiger partial charge is 0.426 e. The minimum atomic E-state index is -3.75. The molecule has 0 amide bonds. The zero-order chi connectivity index (χ0) is 45.4. The van der Waals surface area contributed by atoms with Crippen LogP contribution in [0.1, 0.15) is 24.5 Å². The number of imidazole rings is 2. The molecule has 0 spiro atoms. The normalized spacial score (nSPS) is 13.8. The van der Waals surface area contributed by atoms with Gasteiger partial charge in [-0.1, -0.05) is 90.6 Å². The Morgan fingerprint density at radius 1 is 0.742 bits per heavy atom. The minimum absolute atomic E-state index is 0.152. The van der Waals surface area contributed by atoms with Gasteiger partial charge in [0, 0.05) is 35.0 Å². The second kappa shape index (κ2) is 17.8. The van der Waals surface area contributed by atoms with E-state index in [2.05, 4.69) is 34.9 Å². The predicted molar refractivity (Wildman–Crippen MR) is 250 cm³/mol. The molecule has 1 aliphatic heterocycles. The molecular weight excluding hydrogens is 881 g/mol. The molecule has 19 heteroatoms. The van der Waals surface area contributed by atoms with Crippen LogP contribution in [0.25, 0.3) is 66.1 Å². The van der Waals surface area contributed by atoms with E-state index in [0.717, 1.165) is 27.1 Å². The van der Waals surface area contributed by atoms with Crippen LogP contribution >= 0.6 is 11.8 Å². The van der Waals surface area contributed by atoms with Gasteiger partial charge in [0.1, 0.15) is 40.2 Å². The average molecular weight is 919 g/mol. The summed E-state index contributed by atoms with van der Waals surface area (Å²) in [7, 11) is -3.75. The van der Waals surface area contributed by atoms with Crippen molar-refractivity contribution >= 4 is 71.5 Å². The number of nitrogens with zero attached hydrogens (tertiary/aromatic N) is 8. The van der Waals surface area contributed by atoms with Gasteiger partial charge in [0.15, 0.2) is 17.1 Å². The number of rotatable bonds is 9. The van der Waals surface area contributed by atoms with E-state index in [4.69, 9.17) is 19.3 Å². The number of hydrogen-bond donors (Lipinski definition) is 2. The van der Waals surface area contributed by atoms with Gasteiger partial charge in [0.2, 0.25) is 10.0 Å². The summed E-state index contributed by atoms with van der Waals surface area (Å²) in [6, 6.07) is 30.7. The fourth-order valence-electron chi connectivity index (χ4n) is 8.09. The summed E-state index contributed by atoms with van der Waals surface area (Å²) in [5.41, 5.74) is 10.6. The molecule has 17 nitrogen and oxygen atoms in total. The Bertz CT molecular complexity index is 3660. The number of benzene rings is 4. The molecule has 6 aromatic heterocycles. The summed E-state index contributed by atoms with van der Waals surface area (Å²) in [4.78, 5) is 54.1. The Kier molecular flexibility index (Phi) is 11.4. The van der Waals surface area contributed by atoms with Gasteiger partial charge >= 0.3 is 11.3 Å². The molecule has 66 heavy (non-hydrogen) atoms. The first-order valence-electron chi connectivity index (χ1n) is 20.7. The Labute approximate surface area is 379 Å². The highest BCUT2D eigenvalue weighted by atomic mass is 32.2. The Morgan fingerprint density at radius 2 is 1.41 bits per heavy atom. The smallest absolute Gasteiger partial charge is 0.343 e. The van der Waals surface area contributed by atoms with Crippen molar-refractivity contribution in [2.75, 3.05) is 32.0 Å². The van der Waals surface area contributed by atoms with Gasteiger partial charge in [-0.15, -0.1) is 0 Å². The van der Waals surface area contributed by atoms with Crippen LogP contribution in [0.5, 0.6) is 0 Å². The number of nitrogens with one attached hydrogen (secondary N) is 1. The molecule has 1 saturated heterocycles. The van der Waals surface area contributed by atoms with Crippen molar-refractivity contribution in [2.24, 2.45) is 0 Å². The fourth-order valence-corrected chi connectivity index (χ4v) is 10.4. The number of nitrogens with two attached hydrogens (primary N) is 1. The molecule has 0 radical (unpaired) electrons. The number of thioether (sulfide) groups is 1. The molecular formula is C47H38N10O7S2. The molecule has 0 bridgehead atoms. The highest BCUT2D eigenvalue weighted by Crippen LogP contribution is 2.38. The number of ether oxygens (including phenoxy) is 1. The highest BCUT2D eigenvalue weighted by Gasteiger charge is 2.29. The van der Waals surface area contributed by atoms with E-state index in [1.54, 1.807) is 53.6 Å². The molecule has 1 fully saturated rings. The van der Waals surface area contributed by atoms with Crippen LogP contribution in [0, 0.1) is 0 Å². The van der Waals surface area contributed by atoms with Crippen molar-refractivity contribution < 1.29 is 22.0 Å². The molecule has 1 unspecified atom stereocenters. The van der Waals surface area contributed by atoms with Crippen LogP contribution in [0.15, 0.2) is 157 Å². The van der Waals surface area contributed by atoms with E-state index < -0.39 is 21.7 Å². The maximum absolute atomic E-state index is 13.4. The predicted octanol–water partition coefficient (Wildman–Crippen LogP) is 7.23. The van der Waals surface area contributed by atoms with Gasteiger partial charge in [-0.25, -0.2) is 47.9 Å². The summed E-state index contributed by atoms with van der Waals surface area (Å²) in [5.74, 6) is 1.65. The molecule has 0 saturated carbocycles. The molecule has 10 aromatic rings. The van der Waals surface area contributed by atoms with Crippen LogP contribution in [0.4, 0.5) is 5.82 Å². The maximum Gasteiger partial charge on any atom is 0.343 e. The summed E-state index contributed by atoms with van der Waals surface area (Å²) in [5, 5.41) is 3.26. The number of sulfonamides is 1. The van der Waals surface area contributed by atoms with Gasteiger partial charge in [-0.3, -0.25) is 0 Å². The SMILES string of the molecule is CC(c1oc(=O)c2ccccc2c1-c1cccc(S(=O)(=O)N2CCOCC2)c1)n1cnc2c(N)ncnc21.O=c1oc(CSc2ncnc3nc[nH]c23)c(-c2ccccc2)c2ccccc12. The average Bonchev–Trinajstić information content (AvgIpc) is 4.03. The number of nitrogen functional groups attached to an aromatic ring is 1. The van der Waals surface area contributed by atoms with Gasteiger partial charge in [-0.2, -0.15) is 4.31 Å². The number of hydrogen-bond acceptors (Lipinski definition) is 15. The number of H-pyrrole nitrogens is 1. The zero-order valence-electron chi connectivity index (χ0n) is 35.1. The summed E-state index contributed by atoms with van der Waals surface area (Å²) in [6.45, 7) is 3.13. The lowest BCUT2D eigenvalue weighted by Gasteiger charge is -2.26. The second-order valence-electron chi connectivity index (χ2n) is 15.1. The fraction of sp³-hybridized carbons (Fsp3) is 0.149. The van der Waals surface area contributed by atoms with Crippen molar-refractivity contribution in [3.05, 3.63) is 161 Å². The van der Waals surface area contributed by atoms with Gasteiger partial charge < -0.3 is 28.9 Å². The molecule has 1 aliphatic rings. The Morgan fingerprint density at radius 3 is 2.17 bits per heavy atom. The van der Waals surface area contributed by atoms with E-state index in [0.29, 0.717) is 74.6 Å². The van der Waals surface area contributed by atoms with Crippen LogP contribution < -0.4 is 17.0 Å². The van der Waals surface area contributed by atoms with Crippen LogP contribution in [0.3, 0.4) is 0 Å². The third kappa shape index (κ3) is 7.87. The number of aromatic nitrogens is 8. The lowest BCUT2D eigenvalue weighted by Crippen LogP contribution is -2.40. The first-order valence-corrected chi connectivity index (χ1v) is 23.1. The first-order chi connectivity index (χ1) is 32.2. The van der Waals surface area contributed by atoms with Crippen LogP contribution in [-0.2, 0) is 20.5 Å². The van der Waals surface area contributed by atoms with Crippen LogP contribution in [-0.4, -0.2) is 78.5 Å².